The van der Waals surface area contributed by atoms with Crippen molar-refractivity contribution in [2.24, 2.45) is 0 Å². The molecule has 0 bridgehead atoms. The molecule has 34 heavy (non-hydrogen) atoms. The largest absolute Gasteiger partial charge is 0.438 e. The number of non-ortho nitro benzene ring substituents is 1. The number of aromatic nitrogens is 3. The fourth-order valence-corrected chi connectivity index (χ4v) is 4.14. The molecule has 12 nitrogen and oxygen atoms in total. The number of benzene rings is 3. The number of hydrogen-bond acceptors (Lipinski definition) is 9. The summed E-state index contributed by atoms with van der Waals surface area (Å²) >= 11 is 0. The smallest absolute Gasteiger partial charge is 0.342 e. The van der Waals surface area contributed by atoms with Gasteiger partial charge in [0.15, 0.2) is 6.73 Å². The molecule has 1 heterocycles. The standard InChI is InChI=1S/C21H15N5O7S/c27-20-16-8-1-3-10-18(16)22-24-25(20)13-33-21(28)17-9-2-4-11-19(17)23-34(31,32)15-7-5-6-14(12-15)26(29)30/h1-12,23H,13H2. The lowest BCUT2D eigenvalue weighted by atomic mass is 10.2. The third-order valence-electron chi connectivity index (χ3n) is 4.68. The van der Waals surface area contributed by atoms with Crippen LogP contribution in [-0.2, 0) is 21.5 Å². The van der Waals surface area contributed by atoms with Gasteiger partial charge in [-0.05, 0) is 30.3 Å². The van der Waals surface area contributed by atoms with Crippen LogP contribution in [-0.4, -0.2) is 34.3 Å². The maximum Gasteiger partial charge on any atom is 0.342 e. The van der Waals surface area contributed by atoms with E-state index in [1.807, 2.05) is 0 Å². The van der Waals surface area contributed by atoms with Crippen LogP contribution in [0.5, 0.6) is 0 Å². The van der Waals surface area contributed by atoms with E-state index < -0.39 is 38.9 Å². The highest BCUT2D eigenvalue weighted by Gasteiger charge is 2.21. The Hall–Kier alpha value is -4.65. The molecule has 3 aromatic carbocycles. The van der Waals surface area contributed by atoms with E-state index in [1.165, 1.54) is 36.4 Å². The number of nitrogens with zero attached hydrogens (tertiary/aromatic N) is 4. The van der Waals surface area contributed by atoms with Gasteiger partial charge in [-0.15, -0.1) is 5.10 Å². The summed E-state index contributed by atoms with van der Waals surface area (Å²) in [7, 11) is -4.26. The molecule has 4 aromatic rings. The molecule has 13 heteroatoms. The molecule has 0 radical (unpaired) electrons. The molecule has 0 saturated carbocycles. The van der Waals surface area contributed by atoms with Crippen molar-refractivity contribution in [2.45, 2.75) is 11.6 Å². The number of ether oxygens (including phenoxy) is 1. The first kappa shape index (κ1) is 22.5. The van der Waals surface area contributed by atoms with E-state index in [0.29, 0.717) is 10.9 Å². The van der Waals surface area contributed by atoms with Gasteiger partial charge in [0.25, 0.3) is 21.3 Å². The summed E-state index contributed by atoms with van der Waals surface area (Å²) in [6, 6.07) is 16.6. The number of para-hydroxylation sites is 1. The molecule has 1 aromatic heterocycles. The minimum Gasteiger partial charge on any atom is -0.438 e. The average Bonchev–Trinajstić information content (AvgIpc) is 2.84. The van der Waals surface area contributed by atoms with Crippen LogP contribution in [0, 0.1) is 10.1 Å². The molecule has 0 aliphatic heterocycles. The fraction of sp³-hybridized carbons (Fsp3) is 0.0476. The van der Waals surface area contributed by atoms with Crippen LogP contribution in [0.25, 0.3) is 10.9 Å². The number of nitro groups is 1. The first-order valence-corrected chi connectivity index (χ1v) is 11.1. The molecule has 0 spiro atoms. The lowest BCUT2D eigenvalue weighted by Gasteiger charge is -2.12. The van der Waals surface area contributed by atoms with Gasteiger partial charge in [-0.25, -0.2) is 13.2 Å². The summed E-state index contributed by atoms with van der Waals surface area (Å²) < 4.78 is 33.7. The van der Waals surface area contributed by atoms with Crippen molar-refractivity contribution in [1.82, 2.24) is 15.0 Å². The Bertz CT molecular complexity index is 1580. The maximum absolute atomic E-state index is 12.8. The van der Waals surface area contributed by atoms with Crippen molar-refractivity contribution in [3.63, 3.8) is 0 Å². The summed E-state index contributed by atoms with van der Waals surface area (Å²) in [5.74, 6) is -0.931. The van der Waals surface area contributed by atoms with E-state index >= 15 is 0 Å². The predicted molar refractivity (Wildman–Crippen MR) is 120 cm³/mol. The van der Waals surface area contributed by atoms with Gasteiger partial charge in [-0.1, -0.05) is 35.5 Å². The van der Waals surface area contributed by atoms with E-state index in [1.54, 1.807) is 24.3 Å². The monoisotopic (exact) mass is 481 g/mol. The first-order chi connectivity index (χ1) is 16.3. The number of carbonyl (C=O) groups excluding carboxylic acids is 1. The van der Waals surface area contributed by atoms with Crippen molar-refractivity contribution in [3.8, 4) is 0 Å². The number of nitro benzene ring substituents is 1. The van der Waals surface area contributed by atoms with Gasteiger partial charge in [-0.2, -0.15) is 4.68 Å². The minimum absolute atomic E-state index is 0.115. The zero-order valence-corrected chi connectivity index (χ0v) is 18.0. The average molecular weight is 481 g/mol. The number of rotatable bonds is 7. The number of sulfonamides is 1. The van der Waals surface area contributed by atoms with Crippen molar-refractivity contribution in [3.05, 3.63) is 98.8 Å². The molecular formula is C21H15N5O7S. The summed E-state index contributed by atoms with van der Waals surface area (Å²) in [5.41, 5.74) is -0.791. The van der Waals surface area contributed by atoms with E-state index in [0.717, 1.165) is 16.8 Å². The van der Waals surface area contributed by atoms with Gasteiger partial charge in [0.2, 0.25) is 0 Å². The van der Waals surface area contributed by atoms with Crippen LogP contribution in [0.2, 0.25) is 0 Å². The molecule has 0 unspecified atom stereocenters. The number of fused-ring (bicyclic) bond motifs is 1. The molecule has 0 saturated heterocycles. The summed E-state index contributed by atoms with van der Waals surface area (Å²) in [6.45, 7) is -0.554. The lowest BCUT2D eigenvalue weighted by Crippen LogP contribution is -2.26. The highest BCUT2D eigenvalue weighted by atomic mass is 32.2. The maximum atomic E-state index is 12.8. The van der Waals surface area contributed by atoms with E-state index in [2.05, 4.69) is 15.0 Å². The van der Waals surface area contributed by atoms with Gasteiger partial charge in [0.05, 0.1) is 26.5 Å². The van der Waals surface area contributed by atoms with E-state index in [9.17, 15) is 28.1 Å². The highest BCUT2D eigenvalue weighted by Crippen LogP contribution is 2.23. The van der Waals surface area contributed by atoms with Crippen molar-refractivity contribution in [1.29, 1.82) is 0 Å². The second-order valence-corrected chi connectivity index (χ2v) is 8.56. The summed E-state index contributed by atoms with van der Waals surface area (Å²) in [5, 5.41) is 18.9. The van der Waals surface area contributed by atoms with Crippen molar-refractivity contribution >= 4 is 38.3 Å². The van der Waals surface area contributed by atoms with Gasteiger partial charge >= 0.3 is 5.97 Å². The first-order valence-electron chi connectivity index (χ1n) is 9.62. The van der Waals surface area contributed by atoms with Gasteiger partial charge in [-0.3, -0.25) is 19.6 Å². The highest BCUT2D eigenvalue weighted by molar-refractivity contribution is 7.92. The number of esters is 1. The molecule has 0 aliphatic carbocycles. The fourth-order valence-electron chi connectivity index (χ4n) is 3.02. The van der Waals surface area contributed by atoms with E-state index in [4.69, 9.17) is 4.74 Å². The lowest BCUT2D eigenvalue weighted by molar-refractivity contribution is -0.385. The van der Waals surface area contributed by atoms with Crippen LogP contribution in [0.15, 0.2) is 82.5 Å². The Morgan fingerprint density at radius 3 is 2.59 bits per heavy atom. The van der Waals surface area contributed by atoms with Gasteiger partial charge < -0.3 is 4.74 Å². The molecule has 4 rings (SSSR count). The molecule has 0 fully saturated rings. The quantitative estimate of drug-likeness (QED) is 0.237. The number of hydrogen-bond donors (Lipinski definition) is 1. The molecule has 0 aliphatic rings. The van der Waals surface area contributed by atoms with Crippen molar-refractivity contribution < 1.29 is 22.9 Å². The second kappa shape index (κ2) is 9.07. The summed E-state index contributed by atoms with van der Waals surface area (Å²) in [6.07, 6.45) is 0. The molecule has 0 atom stereocenters. The summed E-state index contributed by atoms with van der Waals surface area (Å²) in [4.78, 5) is 35.0. The molecule has 1 N–H and O–H groups in total. The van der Waals surface area contributed by atoms with Crippen LogP contribution in [0.3, 0.4) is 0 Å². The number of nitrogens with one attached hydrogen (secondary N) is 1. The Balaban J connectivity index is 1.56. The number of carbonyl (C=O) groups is 1. The SMILES string of the molecule is O=C(OCn1nnc2ccccc2c1=O)c1ccccc1NS(=O)(=O)c1cccc([N+](=O)[O-])c1. The Labute approximate surface area is 191 Å². The third-order valence-corrected chi connectivity index (χ3v) is 6.04. The topological polar surface area (TPSA) is 163 Å². The molecular weight excluding hydrogens is 466 g/mol. The third kappa shape index (κ3) is 4.59. The number of anilines is 1. The van der Waals surface area contributed by atoms with Crippen LogP contribution >= 0.6 is 0 Å². The van der Waals surface area contributed by atoms with Gasteiger partial charge in [0, 0.05) is 12.1 Å². The second-order valence-electron chi connectivity index (χ2n) is 6.88. The predicted octanol–water partition coefficient (Wildman–Crippen LogP) is 2.32. The Morgan fingerprint density at radius 2 is 1.79 bits per heavy atom. The minimum atomic E-state index is -4.26. The Kier molecular flexibility index (Phi) is 6.01. The van der Waals surface area contributed by atoms with Crippen LogP contribution < -0.4 is 10.3 Å². The van der Waals surface area contributed by atoms with Crippen LogP contribution in [0.4, 0.5) is 11.4 Å². The zero-order valence-electron chi connectivity index (χ0n) is 17.2. The normalized spacial score (nSPS) is 11.2. The molecule has 172 valence electrons. The van der Waals surface area contributed by atoms with Crippen LogP contribution in [0.1, 0.15) is 10.4 Å². The van der Waals surface area contributed by atoms with Crippen molar-refractivity contribution in [2.75, 3.05) is 4.72 Å². The Morgan fingerprint density at radius 1 is 1.06 bits per heavy atom. The van der Waals surface area contributed by atoms with E-state index in [-0.39, 0.29) is 16.1 Å². The molecule has 0 amide bonds. The zero-order chi connectivity index (χ0) is 24.3. The van der Waals surface area contributed by atoms with Gasteiger partial charge in [0.1, 0.15) is 5.52 Å².